The van der Waals surface area contributed by atoms with Crippen molar-refractivity contribution in [1.29, 1.82) is 0 Å². The Hall–Kier alpha value is -2.25. The second-order valence-corrected chi connectivity index (χ2v) is 8.45. The summed E-state index contributed by atoms with van der Waals surface area (Å²) in [6.45, 7) is 8.77. The van der Waals surface area contributed by atoms with E-state index in [1.54, 1.807) is 12.2 Å². The zero-order valence-electron chi connectivity index (χ0n) is 20.0. The van der Waals surface area contributed by atoms with Crippen molar-refractivity contribution in [3.8, 4) is 17.2 Å². The van der Waals surface area contributed by atoms with Crippen molar-refractivity contribution >= 4 is 5.91 Å². The number of allylic oxidation sites excluding steroid dienone is 2. The molecule has 2 aliphatic heterocycles. The van der Waals surface area contributed by atoms with Gasteiger partial charge in [0.05, 0.1) is 20.3 Å². The Morgan fingerprint density at radius 3 is 2.84 bits per heavy atom. The third-order valence-corrected chi connectivity index (χ3v) is 6.08. The number of nitrogens with zero attached hydrogens (tertiary/aromatic N) is 2. The summed E-state index contributed by atoms with van der Waals surface area (Å²) in [5.74, 6) is 2.46. The van der Waals surface area contributed by atoms with E-state index in [-0.39, 0.29) is 12.7 Å². The van der Waals surface area contributed by atoms with Gasteiger partial charge in [0.15, 0.2) is 11.5 Å². The number of amides is 1. The van der Waals surface area contributed by atoms with Gasteiger partial charge in [-0.1, -0.05) is 26.0 Å². The van der Waals surface area contributed by atoms with Gasteiger partial charge in [-0.3, -0.25) is 14.5 Å². The molecule has 7 nitrogen and oxygen atoms in total. The molecule has 178 valence electrons. The van der Waals surface area contributed by atoms with E-state index in [1.165, 1.54) is 5.56 Å². The molecule has 0 aromatic heterocycles. The number of hydrogen-bond donors (Lipinski definition) is 0. The minimum absolute atomic E-state index is 0.0419. The summed E-state index contributed by atoms with van der Waals surface area (Å²) in [7, 11) is 1.65. The third-order valence-electron chi connectivity index (χ3n) is 6.08. The number of carbonyl (C=O) groups is 1. The van der Waals surface area contributed by atoms with E-state index in [2.05, 4.69) is 43.0 Å². The van der Waals surface area contributed by atoms with Crippen molar-refractivity contribution in [2.45, 2.75) is 64.8 Å². The molecule has 0 radical (unpaired) electrons. The second kappa shape index (κ2) is 12.1. The Morgan fingerprint density at radius 2 is 2.12 bits per heavy atom. The summed E-state index contributed by atoms with van der Waals surface area (Å²) in [4.78, 5) is 21.1. The van der Waals surface area contributed by atoms with Crippen molar-refractivity contribution in [3.63, 3.8) is 0 Å². The predicted molar refractivity (Wildman–Crippen MR) is 124 cm³/mol. The van der Waals surface area contributed by atoms with Crippen molar-refractivity contribution in [1.82, 2.24) is 9.96 Å². The van der Waals surface area contributed by atoms with Crippen LogP contribution < -0.4 is 14.2 Å². The molecule has 1 aromatic rings. The molecule has 3 rings (SSSR count). The number of ether oxygens (including phenoxy) is 3. The fourth-order valence-corrected chi connectivity index (χ4v) is 4.48. The van der Waals surface area contributed by atoms with Gasteiger partial charge in [-0.2, -0.15) is 0 Å². The van der Waals surface area contributed by atoms with Crippen molar-refractivity contribution < 1.29 is 23.8 Å². The average molecular weight is 447 g/mol. The maximum absolute atomic E-state index is 13.1. The lowest BCUT2D eigenvalue weighted by molar-refractivity contribution is -0.188. The Kier molecular flexibility index (Phi) is 9.23. The van der Waals surface area contributed by atoms with E-state index in [0.717, 1.165) is 44.4 Å². The first-order valence-corrected chi connectivity index (χ1v) is 11.9. The molecule has 1 amide bonds. The zero-order valence-corrected chi connectivity index (χ0v) is 20.0. The summed E-state index contributed by atoms with van der Waals surface area (Å²) >= 11 is 0. The van der Waals surface area contributed by atoms with Crippen LogP contribution >= 0.6 is 0 Å². The van der Waals surface area contributed by atoms with E-state index in [4.69, 9.17) is 19.0 Å². The maximum atomic E-state index is 13.1. The van der Waals surface area contributed by atoms with Crippen LogP contribution in [-0.2, 0) is 9.63 Å². The highest BCUT2D eigenvalue weighted by atomic mass is 16.7. The molecule has 2 aliphatic rings. The topological polar surface area (TPSA) is 60.5 Å². The zero-order chi connectivity index (χ0) is 22.9. The molecule has 0 saturated carbocycles. The van der Waals surface area contributed by atoms with Gasteiger partial charge in [-0.05, 0) is 62.6 Å². The Morgan fingerprint density at radius 1 is 1.28 bits per heavy atom. The number of hydrogen-bond acceptors (Lipinski definition) is 6. The third kappa shape index (κ3) is 5.95. The van der Waals surface area contributed by atoms with Crippen molar-refractivity contribution in [3.05, 3.63) is 29.8 Å². The monoisotopic (exact) mass is 446 g/mol. The molecule has 7 heteroatoms. The SMILES string of the molecule is C/C=C/CCC1CC(c2cc(OC)c3c(c2)OCO3)CN1CC(=O)N(CCC)OCCC. The van der Waals surface area contributed by atoms with Crippen LogP contribution in [-0.4, -0.2) is 62.1 Å². The Balaban J connectivity index is 1.75. The van der Waals surface area contributed by atoms with Gasteiger partial charge in [0.2, 0.25) is 12.5 Å². The van der Waals surface area contributed by atoms with Crippen LogP contribution in [0.4, 0.5) is 0 Å². The van der Waals surface area contributed by atoms with Crippen molar-refractivity contribution in [2.24, 2.45) is 0 Å². The average Bonchev–Trinajstić information content (AvgIpc) is 3.43. The van der Waals surface area contributed by atoms with E-state index in [0.29, 0.717) is 43.2 Å². The highest BCUT2D eigenvalue weighted by molar-refractivity contribution is 5.77. The van der Waals surface area contributed by atoms with E-state index in [1.807, 2.05) is 6.92 Å². The summed E-state index contributed by atoms with van der Waals surface area (Å²) in [5, 5.41) is 1.56. The van der Waals surface area contributed by atoms with Gasteiger partial charge in [-0.25, -0.2) is 5.06 Å². The van der Waals surface area contributed by atoms with Crippen LogP contribution in [0.1, 0.15) is 64.4 Å². The number of fused-ring (bicyclic) bond motifs is 1. The number of likely N-dealkylation sites (tertiary alicyclic amines) is 1. The molecular formula is C25H38N2O5. The highest BCUT2D eigenvalue weighted by Gasteiger charge is 2.35. The van der Waals surface area contributed by atoms with Crippen LogP contribution in [0.2, 0.25) is 0 Å². The van der Waals surface area contributed by atoms with Crippen LogP contribution in [0, 0.1) is 0 Å². The number of benzene rings is 1. The molecule has 0 aliphatic carbocycles. The smallest absolute Gasteiger partial charge is 0.260 e. The quantitative estimate of drug-likeness (QED) is 0.348. The number of hydroxylamine groups is 2. The van der Waals surface area contributed by atoms with Gasteiger partial charge in [-0.15, -0.1) is 0 Å². The number of methoxy groups -OCH3 is 1. The summed E-state index contributed by atoms with van der Waals surface area (Å²) in [6, 6.07) is 4.46. The first-order valence-electron chi connectivity index (χ1n) is 11.9. The standard InChI is InChI=1S/C25H38N2O5/c1-5-8-9-10-21-13-20(19-14-22(29-4)25-23(15-19)30-18-31-25)16-26(21)17-24(28)27(11-6-2)32-12-7-3/h5,8,14-15,20-21H,6-7,9-13,16-18H2,1-4H3/b8-5+. The van der Waals surface area contributed by atoms with Gasteiger partial charge in [0.25, 0.3) is 5.91 Å². The lowest BCUT2D eigenvalue weighted by Gasteiger charge is -2.27. The van der Waals surface area contributed by atoms with Crippen molar-refractivity contribution in [2.75, 3.05) is 40.1 Å². The van der Waals surface area contributed by atoms with E-state index < -0.39 is 0 Å². The van der Waals surface area contributed by atoms with Crippen LogP contribution in [0.15, 0.2) is 24.3 Å². The first kappa shape index (κ1) is 24.4. The fourth-order valence-electron chi connectivity index (χ4n) is 4.48. The summed E-state index contributed by atoms with van der Waals surface area (Å²) < 4.78 is 16.7. The lowest BCUT2D eigenvalue weighted by Crippen LogP contribution is -2.42. The molecular weight excluding hydrogens is 408 g/mol. The van der Waals surface area contributed by atoms with E-state index >= 15 is 0 Å². The lowest BCUT2D eigenvalue weighted by atomic mass is 9.94. The molecule has 2 heterocycles. The molecule has 1 saturated heterocycles. The molecule has 2 atom stereocenters. The molecule has 0 bridgehead atoms. The predicted octanol–water partition coefficient (Wildman–Crippen LogP) is 4.52. The van der Waals surface area contributed by atoms with Gasteiger partial charge in [0, 0.05) is 19.1 Å². The largest absolute Gasteiger partial charge is 0.493 e. The van der Waals surface area contributed by atoms with Crippen LogP contribution in [0.3, 0.4) is 0 Å². The Labute approximate surface area is 192 Å². The maximum Gasteiger partial charge on any atom is 0.260 e. The van der Waals surface area contributed by atoms with Gasteiger partial charge < -0.3 is 14.2 Å². The molecule has 2 unspecified atom stereocenters. The minimum Gasteiger partial charge on any atom is -0.493 e. The normalized spacial score (nSPS) is 20.2. The molecule has 0 N–H and O–H groups in total. The number of carbonyl (C=O) groups excluding carboxylic acids is 1. The molecule has 1 aromatic carbocycles. The van der Waals surface area contributed by atoms with E-state index in [9.17, 15) is 4.79 Å². The Bertz CT molecular complexity index is 782. The highest BCUT2D eigenvalue weighted by Crippen LogP contribution is 2.45. The summed E-state index contributed by atoms with van der Waals surface area (Å²) in [6.07, 6.45) is 9.08. The fraction of sp³-hybridized carbons (Fsp3) is 0.640. The first-order chi connectivity index (χ1) is 15.6. The molecule has 1 fully saturated rings. The number of rotatable bonds is 12. The van der Waals surface area contributed by atoms with Crippen LogP contribution in [0.25, 0.3) is 0 Å². The second-order valence-electron chi connectivity index (χ2n) is 8.45. The van der Waals surface area contributed by atoms with Crippen LogP contribution in [0.5, 0.6) is 17.2 Å². The molecule has 32 heavy (non-hydrogen) atoms. The minimum atomic E-state index is 0.0419. The molecule has 0 spiro atoms. The van der Waals surface area contributed by atoms with Gasteiger partial charge in [0.1, 0.15) is 0 Å². The summed E-state index contributed by atoms with van der Waals surface area (Å²) in [5.41, 5.74) is 1.17. The van der Waals surface area contributed by atoms with Gasteiger partial charge >= 0.3 is 0 Å².